The Morgan fingerprint density at radius 3 is 2.57 bits per heavy atom. The fraction of sp³-hybridized carbons (Fsp3) is 0.667. The van der Waals surface area contributed by atoms with Crippen LogP contribution in [0.4, 0.5) is 0 Å². The fourth-order valence-electron chi connectivity index (χ4n) is 1.84. The molecule has 0 aromatic heterocycles. The lowest BCUT2D eigenvalue weighted by Crippen LogP contribution is -2.38. The first-order valence-corrected chi connectivity index (χ1v) is 5.61. The molecule has 0 amide bonds. The minimum absolute atomic E-state index is 0.416. The van der Waals surface area contributed by atoms with Crippen LogP contribution >= 0.6 is 0 Å². The summed E-state index contributed by atoms with van der Waals surface area (Å²) in [6, 6.07) is 0.416. The summed E-state index contributed by atoms with van der Waals surface area (Å²) in [6.45, 7) is 6.47. The van der Waals surface area contributed by atoms with Crippen molar-refractivity contribution in [3.8, 4) is 0 Å². The standard InChI is InChI=1S/C12H22N2/c1-3-5-12(6-4-2)14-9-7-11(13)8-10-14/h3,5-6,11H,4,7-10,13H2,1-2H3/b5-3-,12-6+. The molecule has 0 atom stereocenters. The number of piperidine rings is 1. The highest BCUT2D eigenvalue weighted by Gasteiger charge is 2.16. The van der Waals surface area contributed by atoms with Crippen molar-refractivity contribution in [1.29, 1.82) is 0 Å². The molecule has 2 nitrogen and oxygen atoms in total. The number of hydrogen-bond donors (Lipinski definition) is 1. The molecule has 1 rings (SSSR count). The van der Waals surface area contributed by atoms with Gasteiger partial charge in [0, 0.05) is 24.8 Å². The Kier molecular flexibility index (Phi) is 4.74. The molecule has 0 unspecified atom stereocenters. The van der Waals surface area contributed by atoms with Crippen LogP contribution in [0.2, 0.25) is 0 Å². The van der Waals surface area contributed by atoms with Crippen LogP contribution in [0.15, 0.2) is 23.9 Å². The summed E-state index contributed by atoms with van der Waals surface area (Å²) in [7, 11) is 0. The zero-order valence-electron chi connectivity index (χ0n) is 9.37. The van der Waals surface area contributed by atoms with Gasteiger partial charge in [0.1, 0.15) is 0 Å². The Hall–Kier alpha value is -0.760. The average Bonchev–Trinajstić information content (AvgIpc) is 2.19. The maximum absolute atomic E-state index is 5.88. The van der Waals surface area contributed by atoms with E-state index in [-0.39, 0.29) is 0 Å². The van der Waals surface area contributed by atoms with Crippen LogP contribution in [0.3, 0.4) is 0 Å². The molecule has 0 aliphatic carbocycles. The number of nitrogens with two attached hydrogens (primary N) is 1. The highest BCUT2D eigenvalue weighted by atomic mass is 15.1. The molecule has 1 saturated heterocycles. The number of nitrogens with zero attached hydrogens (tertiary/aromatic N) is 1. The molecule has 0 saturated carbocycles. The molecule has 1 aliphatic rings. The monoisotopic (exact) mass is 194 g/mol. The minimum Gasteiger partial charge on any atom is -0.372 e. The van der Waals surface area contributed by atoms with Gasteiger partial charge in [0.2, 0.25) is 0 Å². The molecule has 1 heterocycles. The zero-order valence-corrected chi connectivity index (χ0v) is 9.37. The molecule has 0 spiro atoms. The fourth-order valence-corrected chi connectivity index (χ4v) is 1.84. The van der Waals surface area contributed by atoms with Crippen LogP contribution in [0, 0.1) is 0 Å². The summed E-state index contributed by atoms with van der Waals surface area (Å²) in [5.74, 6) is 0. The first-order chi connectivity index (χ1) is 6.77. The summed E-state index contributed by atoms with van der Waals surface area (Å²) in [5.41, 5.74) is 7.24. The van der Waals surface area contributed by atoms with Gasteiger partial charge in [-0.3, -0.25) is 0 Å². The molecule has 2 N–H and O–H groups in total. The highest BCUT2D eigenvalue weighted by Crippen LogP contribution is 2.15. The van der Waals surface area contributed by atoms with Gasteiger partial charge < -0.3 is 10.6 Å². The van der Waals surface area contributed by atoms with Crippen molar-refractivity contribution in [1.82, 2.24) is 4.90 Å². The minimum atomic E-state index is 0.416. The van der Waals surface area contributed by atoms with E-state index in [0.717, 1.165) is 32.4 Å². The van der Waals surface area contributed by atoms with Crippen molar-refractivity contribution >= 4 is 0 Å². The van der Waals surface area contributed by atoms with Gasteiger partial charge in [-0.1, -0.05) is 19.1 Å². The highest BCUT2D eigenvalue weighted by molar-refractivity contribution is 5.17. The Bertz CT molecular complexity index is 210. The van der Waals surface area contributed by atoms with E-state index in [4.69, 9.17) is 5.73 Å². The van der Waals surface area contributed by atoms with E-state index in [0.29, 0.717) is 6.04 Å². The summed E-state index contributed by atoms with van der Waals surface area (Å²) in [6.07, 6.45) is 9.94. The van der Waals surface area contributed by atoms with Gasteiger partial charge in [-0.15, -0.1) is 0 Å². The van der Waals surface area contributed by atoms with Gasteiger partial charge in [0.15, 0.2) is 0 Å². The topological polar surface area (TPSA) is 29.3 Å². The Morgan fingerprint density at radius 2 is 2.07 bits per heavy atom. The maximum Gasteiger partial charge on any atom is 0.0322 e. The first-order valence-electron chi connectivity index (χ1n) is 5.61. The number of rotatable bonds is 3. The molecule has 0 radical (unpaired) electrons. The second kappa shape index (κ2) is 5.86. The van der Waals surface area contributed by atoms with Crippen LogP contribution in [-0.2, 0) is 0 Å². The zero-order chi connectivity index (χ0) is 10.4. The summed E-state index contributed by atoms with van der Waals surface area (Å²) in [4.78, 5) is 2.44. The van der Waals surface area contributed by atoms with E-state index in [9.17, 15) is 0 Å². The molecule has 0 aromatic carbocycles. The number of allylic oxidation sites excluding steroid dienone is 3. The quantitative estimate of drug-likeness (QED) is 0.698. The van der Waals surface area contributed by atoms with E-state index >= 15 is 0 Å². The van der Waals surface area contributed by atoms with Gasteiger partial charge in [-0.25, -0.2) is 0 Å². The Labute approximate surface area is 87.5 Å². The van der Waals surface area contributed by atoms with Crippen molar-refractivity contribution in [2.75, 3.05) is 13.1 Å². The average molecular weight is 194 g/mol. The lowest BCUT2D eigenvalue weighted by atomic mass is 10.1. The predicted molar refractivity (Wildman–Crippen MR) is 62.0 cm³/mol. The van der Waals surface area contributed by atoms with E-state index < -0.39 is 0 Å². The molecule has 0 bridgehead atoms. The van der Waals surface area contributed by atoms with E-state index in [1.165, 1.54) is 5.70 Å². The van der Waals surface area contributed by atoms with Crippen molar-refractivity contribution in [3.63, 3.8) is 0 Å². The van der Waals surface area contributed by atoms with Crippen molar-refractivity contribution in [2.45, 2.75) is 39.2 Å². The van der Waals surface area contributed by atoms with Crippen LogP contribution < -0.4 is 5.73 Å². The van der Waals surface area contributed by atoms with E-state index in [2.05, 4.69) is 37.0 Å². The van der Waals surface area contributed by atoms with Crippen LogP contribution in [0.5, 0.6) is 0 Å². The van der Waals surface area contributed by atoms with Crippen LogP contribution in [0.25, 0.3) is 0 Å². The second-order valence-corrected chi connectivity index (χ2v) is 3.86. The van der Waals surface area contributed by atoms with E-state index in [1.54, 1.807) is 0 Å². The van der Waals surface area contributed by atoms with Gasteiger partial charge in [0.05, 0.1) is 0 Å². The molecular formula is C12H22N2. The second-order valence-electron chi connectivity index (χ2n) is 3.86. The summed E-state index contributed by atoms with van der Waals surface area (Å²) < 4.78 is 0. The van der Waals surface area contributed by atoms with Crippen molar-refractivity contribution in [3.05, 3.63) is 23.9 Å². The molecule has 0 aromatic rings. The largest absolute Gasteiger partial charge is 0.372 e. The van der Waals surface area contributed by atoms with Crippen LogP contribution in [-0.4, -0.2) is 24.0 Å². The summed E-state index contributed by atoms with van der Waals surface area (Å²) >= 11 is 0. The maximum atomic E-state index is 5.88. The molecular weight excluding hydrogens is 172 g/mol. The third kappa shape index (κ3) is 3.18. The normalized spacial score (nSPS) is 20.8. The Balaban J connectivity index is 2.56. The SMILES string of the molecule is C/C=C\C(=C/CC)N1CCC(N)CC1. The van der Waals surface area contributed by atoms with Gasteiger partial charge >= 0.3 is 0 Å². The smallest absolute Gasteiger partial charge is 0.0322 e. The number of hydrogen-bond acceptors (Lipinski definition) is 2. The summed E-state index contributed by atoms with van der Waals surface area (Å²) in [5, 5.41) is 0. The van der Waals surface area contributed by atoms with Crippen molar-refractivity contribution < 1.29 is 0 Å². The third-order valence-electron chi connectivity index (χ3n) is 2.66. The van der Waals surface area contributed by atoms with E-state index in [1.807, 2.05) is 0 Å². The van der Waals surface area contributed by atoms with Gasteiger partial charge in [-0.05, 0) is 32.3 Å². The predicted octanol–water partition coefficient (Wildman–Crippen LogP) is 2.28. The van der Waals surface area contributed by atoms with Crippen molar-refractivity contribution in [2.24, 2.45) is 5.73 Å². The van der Waals surface area contributed by atoms with Crippen LogP contribution in [0.1, 0.15) is 33.1 Å². The molecule has 80 valence electrons. The third-order valence-corrected chi connectivity index (χ3v) is 2.66. The molecule has 1 fully saturated rings. The molecule has 1 aliphatic heterocycles. The van der Waals surface area contributed by atoms with Gasteiger partial charge in [-0.2, -0.15) is 0 Å². The molecule has 14 heavy (non-hydrogen) atoms. The Morgan fingerprint density at radius 1 is 1.43 bits per heavy atom. The first kappa shape index (κ1) is 11.3. The molecule has 2 heteroatoms. The lowest BCUT2D eigenvalue weighted by Gasteiger charge is -2.32. The number of likely N-dealkylation sites (tertiary alicyclic amines) is 1. The lowest BCUT2D eigenvalue weighted by molar-refractivity contribution is 0.270. The van der Waals surface area contributed by atoms with Gasteiger partial charge in [0.25, 0.3) is 0 Å².